The highest BCUT2D eigenvalue weighted by Gasteiger charge is 2.29. The van der Waals surface area contributed by atoms with E-state index in [0.29, 0.717) is 54.0 Å². The lowest BCUT2D eigenvalue weighted by molar-refractivity contribution is 0.0497. The van der Waals surface area contributed by atoms with Crippen LogP contribution in [-0.4, -0.2) is 63.0 Å². The van der Waals surface area contributed by atoms with Gasteiger partial charge in [-0.3, -0.25) is 4.68 Å². The summed E-state index contributed by atoms with van der Waals surface area (Å²) in [5, 5.41) is 7.82. The molecule has 1 saturated heterocycles. The summed E-state index contributed by atoms with van der Waals surface area (Å²) in [6.45, 7) is 6.76. The number of fused-ring (bicyclic) bond motifs is 1. The number of piperidine rings is 1. The molecule has 0 unspecified atom stereocenters. The standard InChI is InChI=1S/C26H31N7O4S/c1-26(2,3)37-25(34)30-19-10-12-32(13-11-19)23-21-14-22(18-15-29-31(4)16-18)33(24(21)28-17-27-23)38(35,36)20-8-6-5-7-9-20/h5-9,14-17,19H,10-13H2,1-4H3,(H,30,34). The molecule has 4 aromatic rings. The van der Waals surface area contributed by atoms with E-state index in [9.17, 15) is 13.2 Å². The van der Waals surface area contributed by atoms with Crippen LogP contribution >= 0.6 is 0 Å². The Balaban J connectivity index is 1.50. The number of aryl methyl sites for hydroxylation is 1. The molecule has 38 heavy (non-hydrogen) atoms. The van der Waals surface area contributed by atoms with Gasteiger partial charge in [0.15, 0.2) is 5.65 Å². The van der Waals surface area contributed by atoms with E-state index in [4.69, 9.17) is 4.74 Å². The van der Waals surface area contributed by atoms with Gasteiger partial charge in [-0.1, -0.05) is 18.2 Å². The molecule has 1 amide bonds. The molecule has 0 aliphatic carbocycles. The third kappa shape index (κ3) is 5.08. The molecular weight excluding hydrogens is 506 g/mol. The Morgan fingerprint density at radius 2 is 1.82 bits per heavy atom. The number of hydrogen-bond donors (Lipinski definition) is 1. The van der Waals surface area contributed by atoms with E-state index < -0.39 is 21.7 Å². The Kier molecular flexibility index (Phi) is 6.59. The van der Waals surface area contributed by atoms with Crippen LogP contribution in [-0.2, 0) is 21.8 Å². The number of aromatic nitrogens is 5. The predicted octanol–water partition coefficient (Wildman–Crippen LogP) is 3.56. The van der Waals surface area contributed by atoms with E-state index in [0.717, 1.165) is 0 Å². The lowest BCUT2D eigenvalue weighted by atomic mass is 10.0. The number of alkyl carbamates (subject to hydrolysis) is 1. The number of benzene rings is 1. The average Bonchev–Trinajstić information content (AvgIpc) is 3.47. The molecule has 0 atom stereocenters. The molecule has 1 aromatic carbocycles. The molecule has 1 fully saturated rings. The highest BCUT2D eigenvalue weighted by molar-refractivity contribution is 7.90. The summed E-state index contributed by atoms with van der Waals surface area (Å²) < 4.78 is 36.0. The van der Waals surface area contributed by atoms with Crippen molar-refractivity contribution in [1.82, 2.24) is 29.0 Å². The van der Waals surface area contributed by atoms with Gasteiger partial charge in [0.2, 0.25) is 0 Å². The molecular formula is C26H31N7O4S. The fourth-order valence-corrected chi connectivity index (χ4v) is 6.14. The molecule has 1 N–H and O–H groups in total. The predicted molar refractivity (Wildman–Crippen MR) is 143 cm³/mol. The van der Waals surface area contributed by atoms with Gasteiger partial charge in [0.1, 0.15) is 17.7 Å². The van der Waals surface area contributed by atoms with Crippen molar-refractivity contribution in [3.63, 3.8) is 0 Å². The Labute approximate surface area is 221 Å². The van der Waals surface area contributed by atoms with Gasteiger partial charge >= 0.3 is 6.09 Å². The van der Waals surface area contributed by atoms with Crippen LogP contribution in [0.3, 0.4) is 0 Å². The maximum absolute atomic E-state index is 13.9. The van der Waals surface area contributed by atoms with Crippen LogP contribution in [0.5, 0.6) is 0 Å². The van der Waals surface area contributed by atoms with Crippen LogP contribution in [0.1, 0.15) is 33.6 Å². The smallest absolute Gasteiger partial charge is 0.407 e. The van der Waals surface area contributed by atoms with Crippen molar-refractivity contribution in [2.45, 2.75) is 50.2 Å². The number of nitrogens with zero attached hydrogens (tertiary/aromatic N) is 6. The van der Waals surface area contributed by atoms with Crippen molar-refractivity contribution in [2.24, 2.45) is 7.05 Å². The van der Waals surface area contributed by atoms with Crippen molar-refractivity contribution in [1.29, 1.82) is 0 Å². The number of anilines is 1. The number of nitrogens with one attached hydrogen (secondary N) is 1. The van der Waals surface area contributed by atoms with Gasteiger partial charge in [0.05, 0.1) is 22.2 Å². The molecule has 0 saturated carbocycles. The molecule has 0 radical (unpaired) electrons. The topological polar surface area (TPSA) is 124 Å². The highest BCUT2D eigenvalue weighted by atomic mass is 32.2. The summed E-state index contributed by atoms with van der Waals surface area (Å²) in [5.74, 6) is 0.651. The number of carbonyl (C=O) groups is 1. The first-order chi connectivity index (χ1) is 18.0. The van der Waals surface area contributed by atoms with Gasteiger partial charge in [-0.15, -0.1) is 0 Å². The minimum absolute atomic E-state index is 0.0209. The maximum atomic E-state index is 13.9. The summed E-state index contributed by atoms with van der Waals surface area (Å²) in [7, 11) is -2.19. The first-order valence-electron chi connectivity index (χ1n) is 12.4. The van der Waals surface area contributed by atoms with Crippen molar-refractivity contribution in [3.8, 4) is 11.3 Å². The molecule has 12 heteroatoms. The van der Waals surface area contributed by atoms with E-state index in [1.165, 1.54) is 10.3 Å². The van der Waals surface area contributed by atoms with Gasteiger partial charge in [-0.2, -0.15) is 5.10 Å². The normalized spacial score (nSPS) is 15.1. The van der Waals surface area contributed by atoms with Crippen molar-refractivity contribution < 1.29 is 17.9 Å². The third-order valence-corrected chi connectivity index (χ3v) is 8.05. The Morgan fingerprint density at radius 3 is 2.45 bits per heavy atom. The van der Waals surface area contributed by atoms with E-state index in [1.54, 1.807) is 54.5 Å². The summed E-state index contributed by atoms with van der Waals surface area (Å²) in [6, 6.07) is 10.1. The van der Waals surface area contributed by atoms with Crippen LogP contribution in [0.4, 0.5) is 10.6 Å². The molecule has 5 rings (SSSR count). The highest BCUT2D eigenvalue weighted by Crippen LogP contribution is 2.35. The Morgan fingerprint density at radius 1 is 1.11 bits per heavy atom. The van der Waals surface area contributed by atoms with Crippen LogP contribution in [0.2, 0.25) is 0 Å². The molecule has 1 aliphatic heterocycles. The first-order valence-corrected chi connectivity index (χ1v) is 13.9. The third-order valence-electron chi connectivity index (χ3n) is 6.33. The SMILES string of the molecule is Cn1cc(-c2cc3c(N4CCC(NC(=O)OC(C)(C)C)CC4)ncnc3n2S(=O)(=O)c2ccccc2)cn1. The number of amides is 1. The second-order valence-corrected chi connectivity index (χ2v) is 12.1. The zero-order chi connectivity index (χ0) is 27.1. The lowest BCUT2D eigenvalue weighted by Gasteiger charge is -2.33. The second-order valence-electron chi connectivity index (χ2n) is 10.4. The number of carbonyl (C=O) groups excluding carboxylic acids is 1. The van der Waals surface area contributed by atoms with Crippen LogP contribution in [0.25, 0.3) is 22.3 Å². The Bertz CT molecular complexity index is 1560. The number of rotatable bonds is 5. The summed E-state index contributed by atoms with van der Waals surface area (Å²) in [5.41, 5.74) is 0.847. The summed E-state index contributed by atoms with van der Waals surface area (Å²) >= 11 is 0. The van der Waals surface area contributed by atoms with Gasteiger partial charge in [0, 0.05) is 37.9 Å². The quantitative estimate of drug-likeness (QED) is 0.410. The fraction of sp³-hybridized carbons (Fsp3) is 0.385. The molecule has 3 aromatic heterocycles. The van der Waals surface area contributed by atoms with Gasteiger partial charge in [0.25, 0.3) is 10.0 Å². The zero-order valence-corrected chi connectivity index (χ0v) is 22.6. The molecule has 1 aliphatic rings. The molecule has 200 valence electrons. The van der Waals surface area contributed by atoms with Crippen molar-refractivity contribution in [3.05, 3.63) is 55.1 Å². The zero-order valence-electron chi connectivity index (χ0n) is 21.8. The minimum atomic E-state index is -3.97. The van der Waals surface area contributed by atoms with E-state index >= 15 is 0 Å². The fourth-order valence-electron chi connectivity index (χ4n) is 4.63. The van der Waals surface area contributed by atoms with E-state index in [2.05, 4.69) is 25.3 Å². The maximum Gasteiger partial charge on any atom is 0.407 e. The largest absolute Gasteiger partial charge is 0.444 e. The van der Waals surface area contributed by atoms with Crippen molar-refractivity contribution in [2.75, 3.05) is 18.0 Å². The number of hydrogen-bond acceptors (Lipinski definition) is 8. The van der Waals surface area contributed by atoms with Gasteiger partial charge in [-0.25, -0.2) is 27.2 Å². The summed E-state index contributed by atoms with van der Waals surface area (Å²) in [6.07, 6.45) is 5.77. The van der Waals surface area contributed by atoms with E-state index in [-0.39, 0.29) is 10.9 Å². The average molecular weight is 538 g/mol. The molecule has 0 spiro atoms. The van der Waals surface area contributed by atoms with Crippen molar-refractivity contribution >= 4 is 33.0 Å². The van der Waals surface area contributed by atoms with Crippen LogP contribution in [0, 0.1) is 0 Å². The molecule has 4 heterocycles. The first kappa shape index (κ1) is 25.7. The monoisotopic (exact) mass is 537 g/mol. The Hall–Kier alpha value is -3.93. The minimum Gasteiger partial charge on any atom is -0.444 e. The van der Waals surface area contributed by atoms with Crippen LogP contribution in [0.15, 0.2) is 60.0 Å². The second kappa shape index (κ2) is 9.75. The van der Waals surface area contributed by atoms with Gasteiger partial charge in [-0.05, 0) is 51.8 Å². The molecule has 11 nitrogen and oxygen atoms in total. The van der Waals surface area contributed by atoms with Gasteiger partial charge < -0.3 is 15.0 Å². The lowest BCUT2D eigenvalue weighted by Crippen LogP contribution is -2.46. The summed E-state index contributed by atoms with van der Waals surface area (Å²) in [4.78, 5) is 23.4. The molecule has 0 bridgehead atoms. The number of ether oxygens (including phenoxy) is 1. The van der Waals surface area contributed by atoms with Crippen LogP contribution < -0.4 is 10.2 Å². The van der Waals surface area contributed by atoms with E-state index in [1.807, 2.05) is 26.8 Å².